The Morgan fingerprint density at radius 3 is 1.77 bits per heavy atom. The molecule has 1 heterocycles. The molecular weight excluding hydrogens is 362 g/mol. The van der Waals surface area contributed by atoms with Gasteiger partial charge in [-0.1, -0.05) is 109 Å². The first-order valence-corrected chi connectivity index (χ1v) is 10.1. The molecule has 0 aliphatic rings. The van der Waals surface area contributed by atoms with E-state index in [-0.39, 0.29) is 0 Å². The standard InChI is InChI=1S/C29H20N/c1-4-12-22(13-5-1)25-18-10-19-26(29(25)24-16-8-3-9-17-24)28-21-11-20-27(30-28)23-14-6-2-7-15-23/h1-2,4-21H. The van der Waals surface area contributed by atoms with Crippen molar-refractivity contribution in [3.05, 3.63) is 127 Å². The molecular formula is C29H20N. The molecule has 1 heteroatoms. The van der Waals surface area contributed by atoms with E-state index in [2.05, 4.69) is 97.1 Å². The molecule has 0 spiro atoms. The van der Waals surface area contributed by atoms with Crippen LogP contribution in [0.15, 0.2) is 121 Å². The number of nitrogens with zero attached hydrogens (tertiary/aromatic N) is 1. The lowest BCUT2D eigenvalue weighted by atomic mass is 9.89. The molecule has 0 bridgehead atoms. The van der Waals surface area contributed by atoms with Crippen LogP contribution in [0.4, 0.5) is 0 Å². The lowest BCUT2D eigenvalue weighted by Crippen LogP contribution is -1.93. The Morgan fingerprint density at radius 1 is 0.433 bits per heavy atom. The predicted octanol–water partition coefficient (Wildman–Crippen LogP) is 7.55. The Balaban J connectivity index is 1.74. The maximum Gasteiger partial charge on any atom is 0.0715 e. The average Bonchev–Trinajstić information content (AvgIpc) is 2.85. The zero-order valence-corrected chi connectivity index (χ0v) is 16.5. The van der Waals surface area contributed by atoms with Gasteiger partial charge < -0.3 is 0 Å². The van der Waals surface area contributed by atoms with Gasteiger partial charge in [-0.05, 0) is 40.5 Å². The molecule has 30 heavy (non-hydrogen) atoms. The monoisotopic (exact) mass is 382 g/mol. The van der Waals surface area contributed by atoms with Gasteiger partial charge in [0.05, 0.1) is 11.4 Å². The maximum atomic E-state index is 5.03. The SMILES string of the molecule is [c]1ccc(-c2c(-c3ccccc3)cccc2-c2cccc(-c3ccccc3)n2)cc1. The van der Waals surface area contributed by atoms with Crippen molar-refractivity contribution >= 4 is 0 Å². The third-order valence-electron chi connectivity index (χ3n) is 5.25. The summed E-state index contributed by atoms with van der Waals surface area (Å²) in [5.74, 6) is 0. The van der Waals surface area contributed by atoms with Crippen LogP contribution in [0.25, 0.3) is 44.8 Å². The van der Waals surface area contributed by atoms with Gasteiger partial charge in [-0.25, -0.2) is 4.98 Å². The fraction of sp³-hybridized carbons (Fsp3) is 0. The zero-order chi connectivity index (χ0) is 20.2. The molecule has 1 aromatic heterocycles. The number of hydrogen-bond donors (Lipinski definition) is 0. The minimum atomic E-state index is 0.969. The van der Waals surface area contributed by atoms with Crippen molar-refractivity contribution in [3.8, 4) is 44.8 Å². The van der Waals surface area contributed by atoms with Crippen LogP contribution < -0.4 is 0 Å². The first kappa shape index (κ1) is 18.1. The second kappa shape index (κ2) is 8.18. The fourth-order valence-corrected chi connectivity index (χ4v) is 3.84. The molecule has 0 fully saturated rings. The van der Waals surface area contributed by atoms with Gasteiger partial charge in [0.15, 0.2) is 0 Å². The molecule has 141 valence electrons. The number of hydrogen-bond acceptors (Lipinski definition) is 1. The average molecular weight is 382 g/mol. The maximum absolute atomic E-state index is 5.03. The van der Waals surface area contributed by atoms with E-state index >= 15 is 0 Å². The fourth-order valence-electron chi connectivity index (χ4n) is 3.84. The molecule has 4 aromatic carbocycles. The highest BCUT2D eigenvalue weighted by Gasteiger charge is 2.15. The molecule has 1 radical (unpaired) electrons. The zero-order valence-electron chi connectivity index (χ0n) is 16.5. The van der Waals surface area contributed by atoms with E-state index in [9.17, 15) is 0 Å². The molecule has 0 amide bonds. The Morgan fingerprint density at radius 2 is 1.03 bits per heavy atom. The second-order valence-corrected chi connectivity index (χ2v) is 7.16. The number of aromatic nitrogens is 1. The van der Waals surface area contributed by atoms with Crippen molar-refractivity contribution in [2.75, 3.05) is 0 Å². The van der Waals surface area contributed by atoms with E-state index in [4.69, 9.17) is 4.98 Å². The van der Waals surface area contributed by atoms with Crippen LogP contribution in [-0.4, -0.2) is 4.98 Å². The summed E-state index contributed by atoms with van der Waals surface area (Å²) in [4.78, 5) is 5.03. The highest BCUT2D eigenvalue weighted by molar-refractivity contribution is 5.93. The molecule has 0 aliphatic carbocycles. The summed E-state index contributed by atoms with van der Waals surface area (Å²) in [5.41, 5.74) is 8.94. The van der Waals surface area contributed by atoms with Gasteiger partial charge in [0.2, 0.25) is 0 Å². The van der Waals surface area contributed by atoms with Crippen molar-refractivity contribution < 1.29 is 0 Å². The predicted molar refractivity (Wildman–Crippen MR) is 125 cm³/mol. The largest absolute Gasteiger partial charge is 0.248 e. The van der Waals surface area contributed by atoms with Crippen LogP contribution in [-0.2, 0) is 0 Å². The lowest BCUT2D eigenvalue weighted by molar-refractivity contribution is 1.32. The summed E-state index contributed by atoms with van der Waals surface area (Å²) >= 11 is 0. The molecule has 0 N–H and O–H groups in total. The van der Waals surface area contributed by atoms with E-state index in [1.54, 1.807) is 0 Å². The third-order valence-corrected chi connectivity index (χ3v) is 5.25. The summed E-state index contributed by atoms with van der Waals surface area (Å²) in [6.07, 6.45) is 0. The summed E-state index contributed by atoms with van der Waals surface area (Å²) in [7, 11) is 0. The third kappa shape index (κ3) is 3.54. The van der Waals surface area contributed by atoms with Gasteiger partial charge in [-0.15, -0.1) is 0 Å². The summed E-state index contributed by atoms with van der Waals surface area (Å²) in [6.45, 7) is 0. The van der Waals surface area contributed by atoms with E-state index in [1.807, 2.05) is 30.3 Å². The van der Waals surface area contributed by atoms with Gasteiger partial charge in [0, 0.05) is 11.1 Å². The number of pyridine rings is 1. The van der Waals surface area contributed by atoms with Crippen molar-refractivity contribution in [1.82, 2.24) is 4.98 Å². The van der Waals surface area contributed by atoms with Gasteiger partial charge in [-0.3, -0.25) is 0 Å². The number of rotatable bonds is 4. The van der Waals surface area contributed by atoms with Crippen LogP contribution in [0.5, 0.6) is 0 Å². The lowest BCUT2D eigenvalue weighted by Gasteiger charge is -2.16. The van der Waals surface area contributed by atoms with Crippen molar-refractivity contribution in [2.45, 2.75) is 0 Å². The van der Waals surface area contributed by atoms with Crippen molar-refractivity contribution in [3.63, 3.8) is 0 Å². The minimum absolute atomic E-state index is 0.969. The highest BCUT2D eigenvalue weighted by Crippen LogP contribution is 2.39. The molecule has 0 saturated carbocycles. The molecule has 0 aliphatic heterocycles. The van der Waals surface area contributed by atoms with Crippen LogP contribution in [0.1, 0.15) is 0 Å². The van der Waals surface area contributed by atoms with Crippen LogP contribution >= 0.6 is 0 Å². The van der Waals surface area contributed by atoms with Crippen LogP contribution in [0.2, 0.25) is 0 Å². The summed E-state index contributed by atoms with van der Waals surface area (Å²) < 4.78 is 0. The van der Waals surface area contributed by atoms with Crippen LogP contribution in [0, 0.1) is 6.07 Å². The molecule has 1 nitrogen and oxygen atoms in total. The smallest absolute Gasteiger partial charge is 0.0715 e. The molecule has 5 aromatic rings. The summed E-state index contributed by atoms with van der Waals surface area (Å²) in [6, 6.07) is 44.9. The van der Waals surface area contributed by atoms with Crippen LogP contribution in [0.3, 0.4) is 0 Å². The minimum Gasteiger partial charge on any atom is -0.248 e. The van der Waals surface area contributed by atoms with E-state index in [0.717, 1.165) is 28.1 Å². The Labute approximate surface area is 177 Å². The first-order valence-electron chi connectivity index (χ1n) is 10.1. The van der Waals surface area contributed by atoms with Crippen molar-refractivity contribution in [2.24, 2.45) is 0 Å². The van der Waals surface area contributed by atoms with Gasteiger partial charge in [0.1, 0.15) is 0 Å². The van der Waals surface area contributed by atoms with Gasteiger partial charge in [-0.2, -0.15) is 0 Å². The highest BCUT2D eigenvalue weighted by atomic mass is 14.7. The molecule has 0 atom stereocenters. The van der Waals surface area contributed by atoms with E-state index < -0.39 is 0 Å². The Hall–Kier alpha value is -3.97. The quantitative estimate of drug-likeness (QED) is 0.313. The van der Waals surface area contributed by atoms with Gasteiger partial charge in [0.25, 0.3) is 0 Å². The van der Waals surface area contributed by atoms with Crippen molar-refractivity contribution in [1.29, 1.82) is 0 Å². The van der Waals surface area contributed by atoms with E-state index in [0.29, 0.717) is 0 Å². The summed E-state index contributed by atoms with van der Waals surface area (Å²) in [5, 5.41) is 0. The second-order valence-electron chi connectivity index (χ2n) is 7.16. The number of benzene rings is 4. The topological polar surface area (TPSA) is 12.9 Å². The van der Waals surface area contributed by atoms with Gasteiger partial charge >= 0.3 is 0 Å². The Kier molecular flexibility index (Phi) is 4.93. The molecule has 0 unspecified atom stereocenters. The molecule has 5 rings (SSSR count). The molecule has 0 saturated heterocycles. The van der Waals surface area contributed by atoms with E-state index in [1.165, 1.54) is 16.7 Å². The first-order chi connectivity index (χ1) is 14.9. The normalized spacial score (nSPS) is 10.7. The Bertz CT molecular complexity index is 1260.